The van der Waals surface area contributed by atoms with Gasteiger partial charge in [-0.2, -0.15) is 0 Å². The van der Waals surface area contributed by atoms with E-state index in [4.69, 9.17) is 4.84 Å². The third kappa shape index (κ3) is 11.2. The van der Waals surface area contributed by atoms with Crippen LogP contribution < -0.4 is 0 Å². The van der Waals surface area contributed by atoms with Gasteiger partial charge >= 0.3 is 29.8 Å². The number of carbonyl (C=O) groups excluding carboxylic acids is 3. The van der Waals surface area contributed by atoms with Crippen LogP contribution in [0.1, 0.15) is 25.7 Å². The first-order chi connectivity index (χ1) is 18.8. The molecule has 2 saturated heterocycles. The van der Waals surface area contributed by atoms with E-state index in [1.165, 1.54) is 4.90 Å². The Labute approximate surface area is 229 Å². The molecule has 0 aromatic carbocycles. The largest absolute Gasteiger partial charge is 0.480 e. The van der Waals surface area contributed by atoms with Crippen molar-refractivity contribution in [2.75, 3.05) is 72.0 Å². The molecule has 0 radical (unpaired) electrons. The lowest BCUT2D eigenvalue weighted by Gasteiger charge is -2.35. The van der Waals surface area contributed by atoms with Gasteiger partial charge < -0.3 is 25.3 Å². The summed E-state index contributed by atoms with van der Waals surface area (Å²) >= 11 is 0. The zero-order valence-corrected chi connectivity index (χ0v) is 22.0. The van der Waals surface area contributed by atoms with E-state index in [0.717, 1.165) is 0 Å². The summed E-state index contributed by atoms with van der Waals surface area (Å²) < 4.78 is 0. The van der Waals surface area contributed by atoms with Gasteiger partial charge in [0, 0.05) is 65.2 Å². The predicted octanol–water partition coefficient (Wildman–Crippen LogP) is -2.70. The van der Waals surface area contributed by atoms with Gasteiger partial charge in [-0.25, -0.2) is 4.79 Å². The van der Waals surface area contributed by atoms with Gasteiger partial charge in [0.2, 0.25) is 0 Å². The third-order valence-corrected chi connectivity index (χ3v) is 6.49. The fourth-order valence-corrected chi connectivity index (χ4v) is 4.43. The summed E-state index contributed by atoms with van der Waals surface area (Å²) in [7, 11) is 0. The molecule has 2 aliphatic rings. The highest BCUT2D eigenvalue weighted by Gasteiger charge is 2.34. The van der Waals surface area contributed by atoms with Crippen molar-refractivity contribution in [1.29, 1.82) is 0 Å². The van der Waals surface area contributed by atoms with Crippen molar-refractivity contribution in [3.8, 4) is 0 Å². The molecule has 0 aliphatic carbocycles. The van der Waals surface area contributed by atoms with Gasteiger partial charge in [0.05, 0.1) is 26.1 Å². The number of aliphatic carboxylic acids is 4. The van der Waals surface area contributed by atoms with Crippen LogP contribution in [0.4, 0.5) is 0 Å². The topological polar surface area (TPSA) is 226 Å². The van der Waals surface area contributed by atoms with Gasteiger partial charge in [-0.1, -0.05) is 0 Å². The Kier molecular flexibility index (Phi) is 12.9. The molecule has 0 aromatic heterocycles. The van der Waals surface area contributed by atoms with E-state index in [-0.39, 0.29) is 91.3 Å². The Morgan fingerprint density at radius 3 is 1.38 bits per heavy atom. The van der Waals surface area contributed by atoms with Gasteiger partial charge in [0.1, 0.15) is 6.04 Å². The van der Waals surface area contributed by atoms with Crippen molar-refractivity contribution in [3.05, 3.63) is 0 Å². The van der Waals surface area contributed by atoms with Crippen LogP contribution in [0.3, 0.4) is 0 Å². The van der Waals surface area contributed by atoms with E-state index in [1.54, 1.807) is 14.7 Å². The summed E-state index contributed by atoms with van der Waals surface area (Å²) in [4.78, 5) is 93.0. The molecular formula is C23H35N5O12. The van der Waals surface area contributed by atoms with Crippen LogP contribution in [0.15, 0.2) is 0 Å². The molecule has 1 unspecified atom stereocenters. The molecule has 0 bridgehead atoms. The average Bonchev–Trinajstić information content (AvgIpc) is 3.16. The van der Waals surface area contributed by atoms with Crippen molar-refractivity contribution < 1.29 is 58.8 Å². The van der Waals surface area contributed by atoms with Crippen molar-refractivity contribution in [3.63, 3.8) is 0 Å². The fraction of sp³-hybridized carbons (Fsp3) is 0.696. The molecule has 17 nitrogen and oxygen atoms in total. The van der Waals surface area contributed by atoms with E-state index >= 15 is 0 Å². The molecule has 4 N–H and O–H groups in total. The number of hydroxylamine groups is 2. The molecule has 0 spiro atoms. The van der Waals surface area contributed by atoms with Crippen molar-refractivity contribution in [1.82, 2.24) is 24.7 Å². The molecule has 2 amide bonds. The second-order valence-electron chi connectivity index (χ2n) is 9.48. The van der Waals surface area contributed by atoms with Gasteiger partial charge in [0.25, 0.3) is 11.8 Å². The smallest absolute Gasteiger partial charge is 0.333 e. The lowest BCUT2D eigenvalue weighted by atomic mass is 10.1. The molecule has 0 saturated carbocycles. The Morgan fingerprint density at radius 1 is 0.650 bits per heavy atom. The number of imide groups is 1. The summed E-state index contributed by atoms with van der Waals surface area (Å²) in [6.45, 7) is -0.101. The molecule has 2 fully saturated rings. The monoisotopic (exact) mass is 573 g/mol. The Morgan fingerprint density at radius 2 is 1.02 bits per heavy atom. The van der Waals surface area contributed by atoms with Crippen molar-refractivity contribution in [2.24, 2.45) is 0 Å². The van der Waals surface area contributed by atoms with E-state index in [1.807, 2.05) is 0 Å². The summed E-state index contributed by atoms with van der Waals surface area (Å²) in [5, 5.41) is 38.2. The highest BCUT2D eigenvalue weighted by atomic mass is 16.7. The minimum absolute atomic E-state index is 0.0439. The maximum atomic E-state index is 12.3. The van der Waals surface area contributed by atoms with Gasteiger partial charge in [-0.05, 0) is 6.42 Å². The minimum atomic E-state index is -1.28. The number of carboxylic acid groups (broad SMARTS) is 4. The summed E-state index contributed by atoms with van der Waals surface area (Å²) in [5.74, 6) is -6.93. The quantitative estimate of drug-likeness (QED) is 0.174. The molecule has 40 heavy (non-hydrogen) atoms. The highest BCUT2D eigenvalue weighted by molar-refractivity contribution is 6.01. The third-order valence-electron chi connectivity index (χ3n) is 6.49. The second-order valence-corrected chi connectivity index (χ2v) is 9.48. The molecular weight excluding hydrogens is 538 g/mol. The normalized spacial score (nSPS) is 19.9. The maximum absolute atomic E-state index is 12.3. The first-order valence-corrected chi connectivity index (χ1v) is 12.7. The lowest BCUT2D eigenvalue weighted by Crippen LogP contribution is -2.52. The number of hydrogen-bond acceptors (Lipinski definition) is 12. The van der Waals surface area contributed by atoms with Crippen molar-refractivity contribution in [2.45, 2.75) is 31.7 Å². The van der Waals surface area contributed by atoms with E-state index in [0.29, 0.717) is 5.06 Å². The molecule has 2 heterocycles. The van der Waals surface area contributed by atoms with Crippen LogP contribution in [-0.4, -0.2) is 165 Å². The van der Waals surface area contributed by atoms with Crippen LogP contribution >= 0.6 is 0 Å². The van der Waals surface area contributed by atoms with Crippen LogP contribution in [0.25, 0.3) is 0 Å². The standard InChI is InChI=1S/C23H35N5O12/c29-17-2-3-18(30)28(17)40-22(37)4-1-16(23(38)39)27-11-9-25(14-20(33)34)7-5-24(13-19(31)32)6-8-26(10-12-27)15-21(35)36/h16H,1-15H2,(H,31,32)(H,33,34)(H,35,36)(H,38,39). The van der Waals surface area contributed by atoms with Gasteiger partial charge in [-0.15, -0.1) is 5.06 Å². The van der Waals surface area contributed by atoms with E-state index in [2.05, 4.69) is 0 Å². The average molecular weight is 574 g/mol. The Hall–Kier alpha value is -3.67. The van der Waals surface area contributed by atoms with Crippen LogP contribution in [0, 0.1) is 0 Å². The van der Waals surface area contributed by atoms with Crippen LogP contribution in [0.5, 0.6) is 0 Å². The first-order valence-electron chi connectivity index (χ1n) is 12.7. The number of rotatable bonds is 12. The first kappa shape index (κ1) is 32.5. The Bertz CT molecular complexity index is 928. The minimum Gasteiger partial charge on any atom is -0.480 e. The molecule has 2 aliphatic heterocycles. The zero-order valence-electron chi connectivity index (χ0n) is 22.0. The van der Waals surface area contributed by atoms with E-state index < -0.39 is 54.1 Å². The molecule has 0 aromatic rings. The summed E-state index contributed by atoms with van der Waals surface area (Å²) in [6, 6.07) is -1.25. The Balaban J connectivity index is 2.18. The fourth-order valence-electron chi connectivity index (χ4n) is 4.43. The SMILES string of the molecule is O=C(O)CN1CCN(CC(=O)O)CCN(C(CCC(=O)ON2C(=O)CCC2=O)C(=O)O)CCN(CC(=O)O)CC1. The maximum Gasteiger partial charge on any atom is 0.333 e. The predicted molar refractivity (Wildman–Crippen MR) is 132 cm³/mol. The molecule has 224 valence electrons. The molecule has 17 heteroatoms. The van der Waals surface area contributed by atoms with Gasteiger partial charge in [-0.3, -0.25) is 48.4 Å². The lowest BCUT2D eigenvalue weighted by molar-refractivity contribution is -0.197. The van der Waals surface area contributed by atoms with Crippen LogP contribution in [0.2, 0.25) is 0 Å². The number of nitrogens with zero attached hydrogens (tertiary/aromatic N) is 5. The van der Waals surface area contributed by atoms with E-state index in [9.17, 15) is 54.0 Å². The highest BCUT2D eigenvalue weighted by Crippen LogP contribution is 2.15. The number of carboxylic acids is 4. The summed E-state index contributed by atoms with van der Waals surface area (Å²) in [5.41, 5.74) is 0. The molecule has 2 rings (SSSR count). The summed E-state index contributed by atoms with van der Waals surface area (Å²) in [6.07, 6.45) is -0.877. The zero-order chi connectivity index (χ0) is 29.8. The van der Waals surface area contributed by atoms with Crippen LogP contribution in [-0.2, 0) is 38.4 Å². The number of amides is 2. The van der Waals surface area contributed by atoms with Gasteiger partial charge in [0.15, 0.2) is 0 Å². The van der Waals surface area contributed by atoms with Crippen molar-refractivity contribution >= 4 is 41.7 Å². The molecule has 1 atom stereocenters. The number of hydrogen-bond donors (Lipinski definition) is 4. The number of carbonyl (C=O) groups is 7. The second kappa shape index (κ2) is 15.8.